The van der Waals surface area contributed by atoms with Crippen LogP contribution >= 0.6 is 0 Å². The molecule has 0 spiro atoms. The second-order valence-corrected chi connectivity index (χ2v) is 8.67. The van der Waals surface area contributed by atoms with Crippen LogP contribution in [0.3, 0.4) is 0 Å². The minimum Gasteiger partial charge on any atom is -0.389 e. The zero-order valence-electron chi connectivity index (χ0n) is 17.4. The van der Waals surface area contributed by atoms with E-state index in [0.717, 1.165) is 65.1 Å². The number of nitrogens with zero attached hydrogens (tertiary/aromatic N) is 1. The first-order chi connectivity index (χ1) is 14.2. The SMILES string of the molecule is OC1(CNCc2cccc(-c3ccc(CN4CCOCC4)cc3)c2)CCCCC1. The van der Waals surface area contributed by atoms with Crippen LogP contribution in [-0.4, -0.2) is 48.5 Å². The Morgan fingerprint density at radius 1 is 0.897 bits per heavy atom. The van der Waals surface area contributed by atoms with Gasteiger partial charge in [-0.2, -0.15) is 0 Å². The molecule has 0 atom stereocenters. The molecule has 1 aliphatic heterocycles. The quantitative estimate of drug-likeness (QED) is 0.746. The van der Waals surface area contributed by atoms with E-state index in [-0.39, 0.29) is 0 Å². The molecule has 0 aromatic heterocycles. The first kappa shape index (κ1) is 20.5. The van der Waals surface area contributed by atoms with E-state index in [1.54, 1.807) is 0 Å². The van der Waals surface area contributed by atoms with Crippen LogP contribution in [0.1, 0.15) is 43.2 Å². The monoisotopic (exact) mass is 394 g/mol. The van der Waals surface area contributed by atoms with Gasteiger partial charge in [-0.05, 0) is 41.2 Å². The first-order valence-corrected chi connectivity index (χ1v) is 11.1. The molecule has 4 rings (SSSR count). The van der Waals surface area contributed by atoms with Crippen LogP contribution in [0.15, 0.2) is 48.5 Å². The van der Waals surface area contributed by atoms with Crippen molar-refractivity contribution in [2.24, 2.45) is 0 Å². The molecule has 2 aromatic rings. The van der Waals surface area contributed by atoms with Crippen LogP contribution in [0.4, 0.5) is 0 Å². The van der Waals surface area contributed by atoms with Gasteiger partial charge in [-0.3, -0.25) is 4.90 Å². The van der Waals surface area contributed by atoms with E-state index >= 15 is 0 Å². The van der Waals surface area contributed by atoms with Crippen LogP contribution < -0.4 is 5.32 Å². The molecular weight excluding hydrogens is 360 g/mol. The van der Waals surface area contributed by atoms with E-state index in [0.29, 0.717) is 6.54 Å². The molecule has 0 amide bonds. The molecule has 29 heavy (non-hydrogen) atoms. The third kappa shape index (κ3) is 5.89. The molecule has 1 saturated heterocycles. The van der Waals surface area contributed by atoms with Crippen molar-refractivity contribution >= 4 is 0 Å². The Balaban J connectivity index is 1.32. The molecule has 2 aliphatic rings. The minimum absolute atomic E-state index is 0.508. The molecule has 1 heterocycles. The van der Waals surface area contributed by atoms with Crippen molar-refractivity contribution in [3.05, 3.63) is 59.7 Å². The summed E-state index contributed by atoms with van der Waals surface area (Å²) < 4.78 is 5.43. The van der Waals surface area contributed by atoms with E-state index in [1.807, 2.05) is 0 Å². The predicted octanol–water partition coefficient (Wildman–Crippen LogP) is 3.97. The van der Waals surface area contributed by atoms with Gasteiger partial charge in [0.25, 0.3) is 0 Å². The lowest BCUT2D eigenvalue weighted by Gasteiger charge is -2.32. The van der Waals surface area contributed by atoms with Gasteiger partial charge in [0.05, 0.1) is 18.8 Å². The molecule has 2 fully saturated rings. The summed E-state index contributed by atoms with van der Waals surface area (Å²) in [6, 6.07) is 17.7. The van der Waals surface area contributed by atoms with Crippen molar-refractivity contribution in [3.8, 4) is 11.1 Å². The highest BCUT2D eigenvalue weighted by molar-refractivity contribution is 5.64. The van der Waals surface area contributed by atoms with E-state index in [4.69, 9.17) is 4.74 Å². The molecule has 1 aliphatic carbocycles. The van der Waals surface area contributed by atoms with Gasteiger partial charge in [-0.25, -0.2) is 0 Å². The summed E-state index contributed by atoms with van der Waals surface area (Å²) in [5.41, 5.74) is 4.61. The molecule has 2 aromatic carbocycles. The third-order valence-corrected chi connectivity index (χ3v) is 6.29. The Kier molecular flexibility index (Phi) is 6.98. The second kappa shape index (κ2) is 9.86. The fourth-order valence-electron chi connectivity index (χ4n) is 4.51. The van der Waals surface area contributed by atoms with Crippen LogP contribution in [0.5, 0.6) is 0 Å². The number of ether oxygens (including phenoxy) is 1. The Labute approximate surface area is 174 Å². The number of nitrogens with one attached hydrogen (secondary N) is 1. The minimum atomic E-state index is -0.508. The summed E-state index contributed by atoms with van der Waals surface area (Å²) in [6.45, 7) is 6.21. The topological polar surface area (TPSA) is 44.7 Å². The molecule has 0 bridgehead atoms. The van der Waals surface area contributed by atoms with Gasteiger partial charge in [-0.1, -0.05) is 61.7 Å². The zero-order valence-corrected chi connectivity index (χ0v) is 17.4. The van der Waals surface area contributed by atoms with Gasteiger partial charge in [0.1, 0.15) is 0 Å². The highest BCUT2D eigenvalue weighted by Crippen LogP contribution is 2.27. The number of morpholine rings is 1. The van der Waals surface area contributed by atoms with E-state index in [2.05, 4.69) is 58.7 Å². The molecule has 156 valence electrons. The van der Waals surface area contributed by atoms with Gasteiger partial charge in [0.15, 0.2) is 0 Å². The summed E-state index contributed by atoms with van der Waals surface area (Å²) in [6.07, 6.45) is 5.41. The van der Waals surface area contributed by atoms with Crippen LogP contribution in [-0.2, 0) is 17.8 Å². The average Bonchev–Trinajstić information content (AvgIpc) is 2.76. The fraction of sp³-hybridized carbons (Fsp3) is 0.520. The highest BCUT2D eigenvalue weighted by Gasteiger charge is 2.28. The Morgan fingerprint density at radius 2 is 1.66 bits per heavy atom. The maximum atomic E-state index is 10.7. The third-order valence-electron chi connectivity index (χ3n) is 6.29. The first-order valence-electron chi connectivity index (χ1n) is 11.1. The van der Waals surface area contributed by atoms with Crippen molar-refractivity contribution in [2.45, 2.75) is 50.8 Å². The summed E-state index contributed by atoms with van der Waals surface area (Å²) >= 11 is 0. The van der Waals surface area contributed by atoms with Crippen molar-refractivity contribution < 1.29 is 9.84 Å². The lowest BCUT2D eigenvalue weighted by Crippen LogP contribution is -2.41. The highest BCUT2D eigenvalue weighted by atomic mass is 16.5. The van der Waals surface area contributed by atoms with Crippen LogP contribution in [0, 0.1) is 0 Å². The largest absolute Gasteiger partial charge is 0.389 e. The normalized spacial score (nSPS) is 19.9. The average molecular weight is 395 g/mol. The number of rotatable bonds is 7. The maximum absolute atomic E-state index is 10.7. The van der Waals surface area contributed by atoms with Crippen molar-refractivity contribution in [1.82, 2.24) is 10.2 Å². The van der Waals surface area contributed by atoms with Gasteiger partial charge in [0.2, 0.25) is 0 Å². The maximum Gasteiger partial charge on any atom is 0.0771 e. The number of aliphatic hydroxyl groups is 1. The van der Waals surface area contributed by atoms with Gasteiger partial charge < -0.3 is 15.2 Å². The summed E-state index contributed by atoms with van der Waals surface area (Å²) in [5, 5.41) is 14.1. The Bertz CT molecular complexity index is 763. The Hall–Kier alpha value is -1.72. The molecule has 1 saturated carbocycles. The fourth-order valence-corrected chi connectivity index (χ4v) is 4.51. The molecule has 4 heteroatoms. The molecule has 0 unspecified atom stereocenters. The Morgan fingerprint density at radius 3 is 2.41 bits per heavy atom. The van der Waals surface area contributed by atoms with Crippen LogP contribution in [0.2, 0.25) is 0 Å². The van der Waals surface area contributed by atoms with Gasteiger partial charge in [-0.15, -0.1) is 0 Å². The lowest BCUT2D eigenvalue weighted by atomic mass is 9.85. The smallest absolute Gasteiger partial charge is 0.0771 e. The standard InChI is InChI=1S/C25H34N2O2/c28-25(11-2-1-3-12-25)20-26-18-22-5-4-6-24(17-22)23-9-7-21(8-10-23)19-27-13-15-29-16-14-27/h4-10,17,26,28H,1-3,11-16,18-20H2. The lowest BCUT2D eigenvalue weighted by molar-refractivity contribution is 0.00467. The summed E-state index contributed by atoms with van der Waals surface area (Å²) in [5.74, 6) is 0. The number of benzene rings is 2. The van der Waals surface area contributed by atoms with Crippen LogP contribution in [0.25, 0.3) is 11.1 Å². The number of hydrogen-bond donors (Lipinski definition) is 2. The molecular formula is C25H34N2O2. The summed E-state index contributed by atoms with van der Waals surface area (Å²) in [7, 11) is 0. The molecule has 4 nitrogen and oxygen atoms in total. The second-order valence-electron chi connectivity index (χ2n) is 8.67. The molecule has 0 radical (unpaired) electrons. The summed E-state index contributed by atoms with van der Waals surface area (Å²) in [4.78, 5) is 2.45. The van der Waals surface area contributed by atoms with Gasteiger partial charge in [0, 0.05) is 32.7 Å². The van der Waals surface area contributed by atoms with E-state index in [1.165, 1.54) is 28.7 Å². The molecule has 2 N–H and O–H groups in total. The van der Waals surface area contributed by atoms with Crippen molar-refractivity contribution in [2.75, 3.05) is 32.8 Å². The van der Waals surface area contributed by atoms with Crippen molar-refractivity contribution in [1.29, 1.82) is 0 Å². The van der Waals surface area contributed by atoms with E-state index < -0.39 is 5.60 Å². The van der Waals surface area contributed by atoms with Crippen molar-refractivity contribution in [3.63, 3.8) is 0 Å². The number of hydrogen-bond acceptors (Lipinski definition) is 4. The van der Waals surface area contributed by atoms with E-state index in [9.17, 15) is 5.11 Å². The predicted molar refractivity (Wildman–Crippen MR) is 118 cm³/mol. The zero-order chi connectivity index (χ0) is 19.9. The van der Waals surface area contributed by atoms with Gasteiger partial charge >= 0.3 is 0 Å².